The first-order valence-corrected chi connectivity index (χ1v) is 6.08. The van der Waals surface area contributed by atoms with Crippen LogP contribution >= 0.6 is 0 Å². The summed E-state index contributed by atoms with van der Waals surface area (Å²) in [5.74, 6) is 0.404. The third-order valence-corrected chi connectivity index (χ3v) is 2.73. The highest BCUT2D eigenvalue weighted by atomic mass is 16.5. The highest BCUT2D eigenvalue weighted by molar-refractivity contribution is 6.10. The van der Waals surface area contributed by atoms with Gasteiger partial charge >= 0.3 is 5.97 Å². The molecule has 2 aromatic rings. The van der Waals surface area contributed by atoms with Gasteiger partial charge in [0.1, 0.15) is 11.5 Å². The van der Waals surface area contributed by atoms with Gasteiger partial charge in [0, 0.05) is 12.5 Å². The molecule has 0 heterocycles. The number of rotatable bonds is 4. The van der Waals surface area contributed by atoms with E-state index in [1.165, 1.54) is 14.0 Å². The van der Waals surface area contributed by atoms with Crippen LogP contribution in [0.4, 0.5) is 0 Å². The third-order valence-electron chi connectivity index (χ3n) is 2.73. The van der Waals surface area contributed by atoms with E-state index >= 15 is 0 Å². The van der Waals surface area contributed by atoms with Crippen molar-refractivity contribution in [1.82, 2.24) is 0 Å². The quantitative estimate of drug-likeness (QED) is 0.487. The van der Waals surface area contributed by atoms with E-state index in [4.69, 9.17) is 9.47 Å². The van der Waals surface area contributed by atoms with Crippen LogP contribution in [0.5, 0.6) is 11.5 Å². The van der Waals surface area contributed by atoms with Gasteiger partial charge in [-0.3, -0.25) is 9.59 Å². The zero-order chi connectivity index (χ0) is 14.5. The summed E-state index contributed by atoms with van der Waals surface area (Å²) in [6.07, 6.45) is 0. The number of benzene rings is 2. The molecule has 4 heteroatoms. The molecule has 0 spiro atoms. The van der Waals surface area contributed by atoms with Crippen LogP contribution in [-0.4, -0.2) is 18.9 Å². The summed E-state index contributed by atoms with van der Waals surface area (Å²) in [6, 6.07) is 13.4. The van der Waals surface area contributed by atoms with Crippen molar-refractivity contribution in [3.05, 3.63) is 59.7 Å². The summed E-state index contributed by atoms with van der Waals surface area (Å²) in [6.45, 7) is 1.33. The second kappa shape index (κ2) is 6.02. The summed E-state index contributed by atoms with van der Waals surface area (Å²) in [5, 5.41) is 0. The zero-order valence-corrected chi connectivity index (χ0v) is 11.3. The van der Waals surface area contributed by atoms with E-state index in [2.05, 4.69) is 0 Å². The van der Waals surface area contributed by atoms with Gasteiger partial charge in [0.05, 0.1) is 12.7 Å². The zero-order valence-electron chi connectivity index (χ0n) is 11.3. The van der Waals surface area contributed by atoms with E-state index in [0.29, 0.717) is 22.6 Å². The van der Waals surface area contributed by atoms with Crippen molar-refractivity contribution in [3.63, 3.8) is 0 Å². The molecular formula is C16H14O4. The molecule has 0 atom stereocenters. The van der Waals surface area contributed by atoms with Crippen LogP contribution in [-0.2, 0) is 4.79 Å². The van der Waals surface area contributed by atoms with E-state index in [1.54, 1.807) is 48.5 Å². The van der Waals surface area contributed by atoms with E-state index in [1.807, 2.05) is 0 Å². The Hall–Kier alpha value is -2.62. The molecule has 0 aliphatic heterocycles. The van der Waals surface area contributed by atoms with Crippen molar-refractivity contribution in [2.75, 3.05) is 7.11 Å². The fourth-order valence-corrected chi connectivity index (χ4v) is 1.83. The highest BCUT2D eigenvalue weighted by Gasteiger charge is 2.13. The van der Waals surface area contributed by atoms with Crippen LogP contribution in [0.2, 0.25) is 0 Å². The number of ketones is 1. The predicted octanol–water partition coefficient (Wildman–Crippen LogP) is 2.85. The Kier molecular flexibility index (Phi) is 4.15. The summed E-state index contributed by atoms with van der Waals surface area (Å²) < 4.78 is 10.1. The number of para-hydroxylation sites is 1. The number of ether oxygens (including phenoxy) is 2. The molecule has 0 aliphatic rings. The smallest absolute Gasteiger partial charge is 0.308 e. The number of esters is 1. The number of hydrogen-bond acceptors (Lipinski definition) is 4. The first-order valence-electron chi connectivity index (χ1n) is 6.08. The van der Waals surface area contributed by atoms with Gasteiger partial charge in [-0.05, 0) is 36.4 Å². The summed E-state index contributed by atoms with van der Waals surface area (Å²) in [5.41, 5.74) is 1.00. The lowest BCUT2D eigenvalue weighted by Crippen LogP contribution is -2.05. The Morgan fingerprint density at radius 3 is 2.20 bits per heavy atom. The van der Waals surface area contributed by atoms with E-state index in [9.17, 15) is 9.59 Å². The topological polar surface area (TPSA) is 52.6 Å². The van der Waals surface area contributed by atoms with Gasteiger partial charge in [0.15, 0.2) is 5.78 Å². The minimum Gasteiger partial charge on any atom is -0.496 e. The Balaban J connectivity index is 2.27. The van der Waals surface area contributed by atoms with Crippen LogP contribution in [0.15, 0.2) is 48.5 Å². The number of methoxy groups -OCH3 is 1. The maximum atomic E-state index is 12.4. The molecule has 0 aromatic heterocycles. The van der Waals surface area contributed by atoms with E-state index in [-0.39, 0.29) is 5.78 Å². The first-order chi connectivity index (χ1) is 9.61. The van der Waals surface area contributed by atoms with Crippen molar-refractivity contribution in [2.24, 2.45) is 0 Å². The number of carbonyl (C=O) groups excluding carboxylic acids is 2. The van der Waals surface area contributed by atoms with E-state index in [0.717, 1.165) is 0 Å². The SMILES string of the molecule is COc1ccccc1C(=O)c1ccc(OC(C)=O)cc1. The summed E-state index contributed by atoms with van der Waals surface area (Å²) in [7, 11) is 1.52. The number of hydrogen-bond donors (Lipinski definition) is 0. The van der Waals surface area contributed by atoms with Gasteiger partial charge in [0.2, 0.25) is 0 Å². The van der Waals surface area contributed by atoms with Crippen LogP contribution in [0.25, 0.3) is 0 Å². The fourth-order valence-electron chi connectivity index (χ4n) is 1.83. The van der Waals surface area contributed by atoms with Gasteiger partial charge in [-0.2, -0.15) is 0 Å². The molecule has 2 rings (SSSR count). The van der Waals surface area contributed by atoms with Crippen molar-refractivity contribution in [1.29, 1.82) is 0 Å². The lowest BCUT2D eigenvalue weighted by atomic mass is 10.0. The van der Waals surface area contributed by atoms with Crippen molar-refractivity contribution >= 4 is 11.8 Å². The van der Waals surface area contributed by atoms with Crippen molar-refractivity contribution in [3.8, 4) is 11.5 Å². The van der Waals surface area contributed by atoms with Gasteiger partial charge in [-0.15, -0.1) is 0 Å². The Morgan fingerprint density at radius 2 is 1.60 bits per heavy atom. The summed E-state index contributed by atoms with van der Waals surface area (Å²) in [4.78, 5) is 23.2. The molecule has 0 saturated heterocycles. The van der Waals surface area contributed by atoms with Gasteiger partial charge in [-0.1, -0.05) is 12.1 Å². The maximum Gasteiger partial charge on any atom is 0.308 e. The molecule has 2 aromatic carbocycles. The molecule has 4 nitrogen and oxygen atoms in total. The molecule has 0 fully saturated rings. The second-order valence-electron chi connectivity index (χ2n) is 4.15. The van der Waals surface area contributed by atoms with Crippen LogP contribution in [0, 0.1) is 0 Å². The molecule has 0 radical (unpaired) electrons. The highest BCUT2D eigenvalue weighted by Crippen LogP contribution is 2.22. The van der Waals surface area contributed by atoms with Gasteiger partial charge in [0.25, 0.3) is 0 Å². The third kappa shape index (κ3) is 3.03. The Labute approximate surface area is 116 Å². The average molecular weight is 270 g/mol. The molecule has 0 saturated carbocycles. The molecule has 0 amide bonds. The van der Waals surface area contributed by atoms with Gasteiger partial charge in [-0.25, -0.2) is 0 Å². The Morgan fingerprint density at radius 1 is 0.950 bits per heavy atom. The predicted molar refractivity (Wildman–Crippen MR) is 74.2 cm³/mol. The van der Waals surface area contributed by atoms with Crippen molar-refractivity contribution < 1.29 is 19.1 Å². The van der Waals surface area contributed by atoms with Crippen molar-refractivity contribution in [2.45, 2.75) is 6.92 Å². The lowest BCUT2D eigenvalue weighted by molar-refractivity contribution is -0.131. The minimum atomic E-state index is -0.395. The normalized spacial score (nSPS) is 9.90. The lowest BCUT2D eigenvalue weighted by Gasteiger charge is -2.07. The molecule has 0 unspecified atom stereocenters. The first kappa shape index (κ1) is 13.8. The Bertz CT molecular complexity index is 629. The molecule has 20 heavy (non-hydrogen) atoms. The molecule has 0 N–H and O–H groups in total. The minimum absolute atomic E-state index is 0.142. The van der Waals surface area contributed by atoms with Crippen LogP contribution in [0.1, 0.15) is 22.8 Å². The summed E-state index contributed by atoms with van der Waals surface area (Å²) >= 11 is 0. The standard InChI is InChI=1S/C16H14O4/c1-11(17)20-13-9-7-12(8-10-13)16(18)14-5-3-4-6-15(14)19-2/h3-10H,1-2H3. The van der Waals surface area contributed by atoms with Crippen LogP contribution < -0.4 is 9.47 Å². The average Bonchev–Trinajstić information content (AvgIpc) is 2.46. The van der Waals surface area contributed by atoms with E-state index < -0.39 is 5.97 Å². The van der Waals surface area contributed by atoms with Gasteiger partial charge < -0.3 is 9.47 Å². The monoisotopic (exact) mass is 270 g/mol. The number of carbonyl (C=O) groups is 2. The molecule has 0 bridgehead atoms. The molecular weight excluding hydrogens is 256 g/mol. The molecule has 102 valence electrons. The van der Waals surface area contributed by atoms with Crippen LogP contribution in [0.3, 0.4) is 0 Å². The molecule has 0 aliphatic carbocycles. The fraction of sp³-hybridized carbons (Fsp3) is 0.125. The largest absolute Gasteiger partial charge is 0.496 e. The second-order valence-corrected chi connectivity index (χ2v) is 4.15. The maximum absolute atomic E-state index is 12.4.